The van der Waals surface area contributed by atoms with E-state index in [4.69, 9.17) is 27.2 Å². The first-order chi connectivity index (χ1) is 12.3. The number of rotatable bonds is 8. The number of primary amides is 1. The first kappa shape index (κ1) is 19.9. The highest BCUT2D eigenvalue weighted by Gasteiger charge is 2.19. The molecule has 2 aromatic rings. The predicted molar refractivity (Wildman–Crippen MR) is 92.8 cm³/mol. The molecule has 0 bridgehead atoms. The Labute approximate surface area is 153 Å². The van der Waals surface area contributed by atoms with Gasteiger partial charge >= 0.3 is 0 Å². The van der Waals surface area contributed by atoms with E-state index in [2.05, 4.69) is 5.32 Å². The van der Waals surface area contributed by atoms with Crippen molar-refractivity contribution in [1.82, 2.24) is 0 Å². The van der Waals surface area contributed by atoms with Crippen LogP contribution in [0.1, 0.15) is 16.8 Å². The third kappa shape index (κ3) is 5.04. The maximum Gasteiger partial charge on any atom is 0.254 e. The highest BCUT2D eigenvalue weighted by molar-refractivity contribution is 6.30. The van der Waals surface area contributed by atoms with Gasteiger partial charge in [-0.05, 0) is 24.3 Å². The van der Waals surface area contributed by atoms with Crippen molar-refractivity contribution in [3.05, 3.63) is 52.6 Å². The maximum absolute atomic E-state index is 14.0. The van der Waals surface area contributed by atoms with Crippen LogP contribution in [0, 0.1) is 11.6 Å². The number of nitrogens with one attached hydrogen (secondary N) is 1. The fourth-order valence-corrected chi connectivity index (χ4v) is 2.34. The van der Waals surface area contributed by atoms with Crippen molar-refractivity contribution in [3.8, 4) is 5.75 Å². The number of amides is 1. The number of anilines is 2. The molecule has 2 aromatic carbocycles. The Hall–Kier alpha value is -2.42. The molecule has 1 amide bonds. The summed E-state index contributed by atoms with van der Waals surface area (Å²) in [6, 6.07) is 5.73. The van der Waals surface area contributed by atoms with E-state index in [1.165, 1.54) is 12.1 Å². The van der Waals surface area contributed by atoms with Crippen LogP contribution in [0.4, 0.5) is 20.2 Å². The van der Waals surface area contributed by atoms with Gasteiger partial charge in [0.05, 0.1) is 30.7 Å². The first-order valence-corrected chi connectivity index (χ1v) is 7.96. The lowest BCUT2D eigenvalue weighted by Crippen LogP contribution is -2.19. The Bertz CT molecular complexity index is 805. The van der Waals surface area contributed by atoms with Crippen molar-refractivity contribution in [2.24, 2.45) is 5.73 Å². The van der Waals surface area contributed by atoms with Crippen LogP contribution in [0.3, 0.4) is 0 Å². The molecule has 0 aliphatic rings. The SMILES string of the molecule is NC(=O)c1c(Nc2ccc(Cl)cc2F)cc(F)cc1OCC[C@@H](O)CO. The fourth-order valence-electron chi connectivity index (χ4n) is 2.18. The van der Waals surface area contributed by atoms with E-state index in [9.17, 15) is 18.7 Å². The molecule has 9 heteroatoms. The number of hydrogen-bond donors (Lipinski definition) is 4. The summed E-state index contributed by atoms with van der Waals surface area (Å²) in [5, 5.41) is 20.9. The predicted octanol–water partition coefficient (Wildman–Crippen LogP) is 2.58. The highest BCUT2D eigenvalue weighted by atomic mass is 35.5. The van der Waals surface area contributed by atoms with Crippen molar-refractivity contribution in [1.29, 1.82) is 0 Å². The molecule has 0 spiro atoms. The molecule has 26 heavy (non-hydrogen) atoms. The van der Waals surface area contributed by atoms with Gasteiger partial charge in [0.15, 0.2) is 0 Å². The van der Waals surface area contributed by atoms with Crippen molar-refractivity contribution >= 4 is 28.9 Å². The molecule has 0 aliphatic heterocycles. The molecule has 0 fully saturated rings. The molecule has 0 radical (unpaired) electrons. The third-order valence-electron chi connectivity index (χ3n) is 3.43. The summed E-state index contributed by atoms with van der Waals surface area (Å²) in [5.41, 5.74) is 5.05. The number of carbonyl (C=O) groups excluding carboxylic acids is 1. The van der Waals surface area contributed by atoms with E-state index < -0.39 is 30.3 Å². The fraction of sp³-hybridized carbons (Fsp3) is 0.235. The van der Waals surface area contributed by atoms with Crippen molar-refractivity contribution in [3.63, 3.8) is 0 Å². The molecule has 0 aromatic heterocycles. The Morgan fingerprint density at radius 3 is 2.62 bits per heavy atom. The lowest BCUT2D eigenvalue weighted by Gasteiger charge is -2.16. The van der Waals surface area contributed by atoms with Gasteiger partial charge in [-0.25, -0.2) is 8.78 Å². The maximum atomic E-state index is 14.0. The number of ether oxygens (including phenoxy) is 1. The van der Waals surface area contributed by atoms with Gasteiger partial charge in [-0.3, -0.25) is 4.79 Å². The Morgan fingerprint density at radius 1 is 1.27 bits per heavy atom. The van der Waals surface area contributed by atoms with Crippen molar-refractivity contribution in [2.75, 3.05) is 18.5 Å². The van der Waals surface area contributed by atoms with Gasteiger partial charge in [0.25, 0.3) is 5.91 Å². The minimum absolute atomic E-state index is 0.0378. The zero-order chi connectivity index (χ0) is 19.3. The van der Waals surface area contributed by atoms with Crippen LogP contribution in [0.15, 0.2) is 30.3 Å². The lowest BCUT2D eigenvalue weighted by molar-refractivity contribution is 0.0751. The number of benzene rings is 2. The van der Waals surface area contributed by atoms with E-state index in [0.29, 0.717) is 0 Å². The average Bonchev–Trinajstić information content (AvgIpc) is 2.56. The smallest absolute Gasteiger partial charge is 0.254 e. The Kier molecular flexibility index (Phi) is 6.73. The number of aliphatic hydroxyl groups excluding tert-OH is 2. The van der Waals surface area contributed by atoms with E-state index in [1.54, 1.807) is 0 Å². The average molecular weight is 387 g/mol. The summed E-state index contributed by atoms with van der Waals surface area (Å²) in [6.07, 6.45) is -0.957. The van der Waals surface area contributed by atoms with E-state index in [1.807, 2.05) is 0 Å². The van der Waals surface area contributed by atoms with Gasteiger partial charge in [0.1, 0.15) is 22.9 Å². The largest absolute Gasteiger partial charge is 0.492 e. The molecule has 0 unspecified atom stereocenters. The number of hydrogen-bond acceptors (Lipinski definition) is 5. The normalized spacial score (nSPS) is 11.9. The van der Waals surface area contributed by atoms with E-state index in [0.717, 1.165) is 18.2 Å². The molecular formula is C17H17ClF2N2O4. The molecular weight excluding hydrogens is 370 g/mol. The Morgan fingerprint density at radius 2 is 2.00 bits per heavy atom. The quantitative estimate of drug-likeness (QED) is 0.558. The standard InChI is InChI=1S/C17H17ClF2N2O4/c18-9-1-2-13(12(20)5-9)22-14-6-10(19)7-15(16(14)17(21)25)26-4-3-11(24)8-23/h1-2,5-7,11,22-24H,3-4,8H2,(H2,21,25)/t11-/m1/s1. The minimum Gasteiger partial charge on any atom is -0.492 e. The van der Waals surface area contributed by atoms with Crippen LogP contribution in [0.2, 0.25) is 5.02 Å². The van der Waals surface area contributed by atoms with Crippen LogP contribution < -0.4 is 15.8 Å². The second-order valence-corrected chi connectivity index (χ2v) is 5.85. The molecule has 5 N–H and O–H groups in total. The van der Waals surface area contributed by atoms with Crippen LogP contribution >= 0.6 is 11.6 Å². The summed E-state index contributed by atoms with van der Waals surface area (Å²) in [6.45, 7) is -0.557. The topological polar surface area (TPSA) is 105 Å². The number of aliphatic hydroxyl groups is 2. The molecule has 0 heterocycles. The van der Waals surface area contributed by atoms with Crippen molar-refractivity contribution < 1.29 is 28.5 Å². The van der Waals surface area contributed by atoms with Crippen LogP contribution in [-0.2, 0) is 0 Å². The van der Waals surface area contributed by atoms with Gasteiger partial charge in [0, 0.05) is 17.5 Å². The van der Waals surface area contributed by atoms with Gasteiger partial charge < -0.3 is 26.0 Å². The zero-order valence-corrected chi connectivity index (χ0v) is 14.3. The number of carbonyl (C=O) groups is 1. The number of halogens is 3. The molecule has 0 saturated heterocycles. The van der Waals surface area contributed by atoms with Crippen LogP contribution in [-0.4, -0.2) is 35.4 Å². The van der Waals surface area contributed by atoms with Gasteiger partial charge in [-0.2, -0.15) is 0 Å². The minimum atomic E-state index is -1.01. The molecule has 6 nitrogen and oxygen atoms in total. The second-order valence-electron chi connectivity index (χ2n) is 5.41. The Balaban J connectivity index is 2.34. The lowest BCUT2D eigenvalue weighted by atomic mass is 10.1. The van der Waals surface area contributed by atoms with E-state index >= 15 is 0 Å². The van der Waals surface area contributed by atoms with Crippen molar-refractivity contribution in [2.45, 2.75) is 12.5 Å². The molecule has 2 rings (SSSR count). The first-order valence-electron chi connectivity index (χ1n) is 7.59. The molecule has 0 aliphatic carbocycles. The summed E-state index contributed by atoms with van der Waals surface area (Å²) in [4.78, 5) is 11.8. The second kappa shape index (κ2) is 8.79. The summed E-state index contributed by atoms with van der Waals surface area (Å²) < 4.78 is 33.2. The van der Waals surface area contributed by atoms with Gasteiger partial charge in [-0.15, -0.1) is 0 Å². The number of nitrogens with two attached hydrogens (primary N) is 1. The highest BCUT2D eigenvalue weighted by Crippen LogP contribution is 2.32. The van der Waals surface area contributed by atoms with Crippen LogP contribution in [0.25, 0.3) is 0 Å². The molecule has 1 atom stereocenters. The summed E-state index contributed by atoms with van der Waals surface area (Å²) in [7, 11) is 0. The van der Waals surface area contributed by atoms with Gasteiger partial charge in [-0.1, -0.05) is 11.6 Å². The van der Waals surface area contributed by atoms with E-state index in [-0.39, 0.29) is 40.7 Å². The summed E-state index contributed by atoms with van der Waals surface area (Å²) >= 11 is 5.69. The van der Waals surface area contributed by atoms with Crippen LogP contribution in [0.5, 0.6) is 5.75 Å². The molecule has 140 valence electrons. The third-order valence-corrected chi connectivity index (χ3v) is 3.67. The van der Waals surface area contributed by atoms with Gasteiger partial charge in [0.2, 0.25) is 0 Å². The molecule has 0 saturated carbocycles. The summed E-state index contributed by atoms with van der Waals surface area (Å²) in [5.74, 6) is -2.53. The zero-order valence-electron chi connectivity index (χ0n) is 13.5. The monoisotopic (exact) mass is 386 g/mol.